The number of benzene rings is 2. The Labute approximate surface area is 362 Å². The lowest BCUT2D eigenvalue weighted by Crippen LogP contribution is -2.48. The number of nitrogens with one attached hydrogen (secondary N) is 1. The summed E-state index contributed by atoms with van der Waals surface area (Å²) in [6, 6.07) is 13.4. The van der Waals surface area contributed by atoms with E-state index in [0.29, 0.717) is 71.5 Å². The van der Waals surface area contributed by atoms with Crippen molar-refractivity contribution in [1.29, 1.82) is 0 Å². The van der Waals surface area contributed by atoms with Crippen LogP contribution < -0.4 is 15.1 Å². The SMILES string of the molecule is C.C.CCc1cc(Cl)c2nc(N3CCC(=O)CC3)c(-c3nc(C)no3)cc2c1.CCc1cc(Cl)c2nc(N3CCC(NC4CCOCC4)CC3)c(-c3nc(C)no3)cc2c1. The smallest absolute Gasteiger partial charge is 0.261 e. The number of rotatable bonds is 8. The molecule has 6 aromatic rings. The molecule has 15 heteroatoms. The predicted octanol–water partition coefficient (Wildman–Crippen LogP) is 9.80. The van der Waals surface area contributed by atoms with Crippen molar-refractivity contribution < 1.29 is 18.6 Å². The number of hydrogen-bond donors (Lipinski definition) is 1. The van der Waals surface area contributed by atoms with Gasteiger partial charge in [-0.05, 0) is 99.9 Å². The van der Waals surface area contributed by atoms with Gasteiger partial charge in [-0.3, -0.25) is 4.79 Å². The van der Waals surface area contributed by atoms with Crippen molar-refractivity contribution in [2.24, 2.45) is 0 Å². The average Bonchev–Trinajstić information content (AvgIpc) is 3.89. The van der Waals surface area contributed by atoms with Crippen LogP contribution in [-0.4, -0.2) is 87.5 Å². The maximum absolute atomic E-state index is 11.6. The Morgan fingerprint density at radius 3 is 1.53 bits per heavy atom. The van der Waals surface area contributed by atoms with Gasteiger partial charge in [-0.15, -0.1) is 0 Å². The van der Waals surface area contributed by atoms with Crippen LogP contribution in [0.3, 0.4) is 0 Å². The Hall–Kier alpha value is -4.69. The molecular formula is C45H57Cl2N9O4. The topological polar surface area (TPSA) is 148 Å². The van der Waals surface area contributed by atoms with Gasteiger partial charge >= 0.3 is 0 Å². The number of ketones is 1. The third-order valence-electron chi connectivity index (χ3n) is 11.3. The number of anilines is 2. The number of aromatic nitrogens is 6. The second-order valence-corrected chi connectivity index (χ2v) is 16.2. The lowest BCUT2D eigenvalue weighted by Gasteiger charge is -2.36. The quantitative estimate of drug-likeness (QED) is 0.155. The third kappa shape index (κ3) is 9.91. The number of fused-ring (bicyclic) bond motifs is 2. The number of ether oxygens (including phenoxy) is 1. The first-order chi connectivity index (χ1) is 28.1. The van der Waals surface area contributed by atoms with Gasteiger partial charge in [-0.1, -0.05) is 62.2 Å². The Morgan fingerprint density at radius 1 is 0.650 bits per heavy atom. The summed E-state index contributed by atoms with van der Waals surface area (Å²) in [5, 5.41) is 15.0. The van der Waals surface area contributed by atoms with Gasteiger partial charge in [-0.25, -0.2) is 9.97 Å². The number of carbonyl (C=O) groups excluding carboxylic acids is 1. The molecule has 4 aromatic heterocycles. The molecule has 13 nitrogen and oxygen atoms in total. The van der Waals surface area contributed by atoms with E-state index in [4.69, 9.17) is 47.0 Å². The van der Waals surface area contributed by atoms with Crippen molar-refractivity contribution in [3.05, 3.63) is 69.2 Å². The van der Waals surface area contributed by atoms with E-state index >= 15 is 0 Å². The van der Waals surface area contributed by atoms with Crippen LogP contribution in [0.5, 0.6) is 0 Å². The van der Waals surface area contributed by atoms with E-state index in [1.807, 2.05) is 25.1 Å². The van der Waals surface area contributed by atoms with Crippen LogP contribution in [0.2, 0.25) is 10.0 Å². The van der Waals surface area contributed by atoms with Crippen molar-refractivity contribution in [3.8, 4) is 22.9 Å². The largest absolute Gasteiger partial charge is 0.381 e. The van der Waals surface area contributed by atoms with Gasteiger partial charge < -0.3 is 28.9 Å². The summed E-state index contributed by atoms with van der Waals surface area (Å²) in [6.07, 6.45) is 7.19. The molecule has 2 aromatic carbocycles. The van der Waals surface area contributed by atoms with Crippen molar-refractivity contribution in [1.82, 2.24) is 35.6 Å². The maximum atomic E-state index is 11.6. The molecule has 7 heterocycles. The van der Waals surface area contributed by atoms with Crippen molar-refractivity contribution >= 4 is 62.4 Å². The van der Waals surface area contributed by atoms with Gasteiger partial charge in [-0.2, -0.15) is 9.97 Å². The highest BCUT2D eigenvalue weighted by molar-refractivity contribution is 6.35. The first-order valence-corrected chi connectivity index (χ1v) is 21.1. The van der Waals surface area contributed by atoms with E-state index in [-0.39, 0.29) is 20.6 Å². The number of Topliss-reactive ketones (excluding diaryl/α,β-unsaturated/α-hetero) is 1. The monoisotopic (exact) mass is 857 g/mol. The number of carbonyl (C=O) groups is 1. The molecule has 0 unspecified atom stereocenters. The highest BCUT2D eigenvalue weighted by Gasteiger charge is 2.28. The first-order valence-electron chi connectivity index (χ1n) is 20.4. The molecule has 3 fully saturated rings. The summed E-state index contributed by atoms with van der Waals surface area (Å²) in [4.78, 5) is 34.8. The van der Waals surface area contributed by atoms with Crippen LogP contribution >= 0.6 is 23.2 Å². The van der Waals surface area contributed by atoms with E-state index < -0.39 is 0 Å². The van der Waals surface area contributed by atoms with Gasteiger partial charge in [0, 0.05) is 75.1 Å². The summed E-state index contributed by atoms with van der Waals surface area (Å²) in [7, 11) is 0. The zero-order valence-corrected chi connectivity index (χ0v) is 35.0. The Kier molecular flexibility index (Phi) is 14.8. The number of pyridine rings is 2. The van der Waals surface area contributed by atoms with Crippen molar-refractivity contribution in [2.75, 3.05) is 49.2 Å². The molecular weight excluding hydrogens is 801 g/mol. The summed E-state index contributed by atoms with van der Waals surface area (Å²) in [5.74, 6) is 4.01. The number of nitrogens with zero attached hydrogens (tertiary/aromatic N) is 8. The number of hydrogen-bond acceptors (Lipinski definition) is 13. The molecule has 0 amide bonds. The first kappa shape index (κ1) is 44.9. The summed E-state index contributed by atoms with van der Waals surface area (Å²) < 4.78 is 16.5. The molecule has 320 valence electrons. The van der Waals surface area contributed by atoms with Crippen LogP contribution in [0.1, 0.15) is 90.0 Å². The predicted molar refractivity (Wildman–Crippen MR) is 240 cm³/mol. The van der Waals surface area contributed by atoms with Crippen LogP contribution in [-0.2, 0) is 22.4 Å². The minimum atomic E-state index is 0. The molecule has 1 N–H and O–H groups in total. The molecule has 9 rings (SSSR count). The van der Waals surface area contributed by atoms with Crippen molar-refractivity contribution in [3.63, 3.8) is 0 Å². The van der Waals surface area contributed by atoms with E-state index in [0.717, 1.165) is 115 Å². The van der Waals surface area contributed by atoms with Gasteiger partial charge in [0.15, 0.2) is 11.6 Å². The fraction of sp³-hybridized carbons (Fsp3) is 0.489. The standard InChI is InChI=1S/C24H30ClN5O2.C19H19ClN4O2.2CH4/c1-3-16-12-17-14-20(24-26-15(2)29-32-24)23(28-22(17)21(25)13-16)30-8-4-18(5-9-30)27-19-6-10-31-11-7-19;1-3-12-8-13-10-15(19-21-11(2)23-26-19)18(22-17(13)16(20)9-12)24-6-4-14(25)5-7-24;;/h12-14,18-19,27H,3-11H2,1-2H3;8-10H,3-7H2,1-2H3;2*1H4. The number of piperidine rings is 2. The summed E-state index contributed by atoms with van der Waals surface area (Å²) in [5.41, 5.74) is 5.55. The van der Waals surface area contributed by atoms with Gasteiger partial charge in [0.1, 0.15) is 17.4 Å². The fourth-order valence-corrected chi connectivity index (χ4v) is 8.61. The molecule has 0 radical (unpaired) electrons. The zero-order valence-electron chi connectivity index (χ0n) is 33.5. The molecule has 0 bridgehead atoms. The molecule has 3 saturated heterocycles. The highest BCUT2D eigenvalue weighted by Crippen LogP contribution is 2.37. The van der Waals surface area contributed by atoms with Gasteiger partial charge in [0.05, 0.1) is 32.2 Å². The van der Waals surface area contributed by atoms with Crippen LogP contribution in [0.4, 0.5) is 11.6 Å². The molecule has 0 spiro atoms. The highest BCUT2D eigenvalue weighted by atomic mass is 35.5. The molecule has 3 aliphatic heterocycles. The Morgan fingerprint density at radius 2 is 1.10 bits per heavy atom. The normalized spacial score (nSPS) is 16.4. The van der Waals surface area contributed by atoms with Crippen LogP contribution in [0.15, 0.2) is 45.4 Å². The van der Waals surface area contributed by atoms with E-state index in [1.54, 1.807) is 6.92 Å². The average molecular weight is 859 g/mol. The van der Waals surface area contributed by atoms with Crippen LogP contribution in [0, 0.1) is 13.8 Å². The zero-order chi connectivity index (χ0) is 40.3. The number of aryl methyl sites for hydroxylation is 4. The molecule has 60 heavy (non-hydrogen) atoms. The van der Waals surface area contributed by atoms with E-state index in [2.05, 4.69) is 67.4 Å². The van der Waals surface area contributed by atoms with E-state index in [1.165, 1.54) is 5.56 Å². The molecule has 0 aliphatic carbocycles. The maximum Gasteiger partial charge on any atom is 0.261 e. The molecule has 0 saturated carbocycles. The summed E-state index contributed by atoms with van der Waals surface area (Å²) in [6.45, 7) is 12.7. The Balaban J connectivity index is 0.000000199. The second kappa shape index (κ2) is 19.8. The minimum absolute atomic E-state index is 0. The Bertz CT molecular complexity index is 2410. The lowest BCUT2D eigenvalue weighted by molar-refractivity contribution is -0.119. The second-order valence-electron chi connectivity index (χ2n) is 15.4. The minimum Gasteiger partial charge on any atom is -0.381 e. The fourth-order valence-electron chi connectivity index (χ4n) is 8.03. The third-order valence-corrected chi connectivity index (χ3v) is 11.8. The number of halogens is 2. The van der Waals surface area contributed by atoms with Gasteiger partial charge in [0.2, 0.25) is 0 Å². The molecule has 0 atom stereocenters. The van der Waals surface area contributed by atoms with Gasteiger partial charge in [0.25, 0.3) is 11.8 Å². The van der Waals surface area contributed by atoms with E-state index in [9.17, 15) is 4.79 Å². The van der Waals surface area contributed by atoms with Crippen molar-refractivity contribution in [2.45, 2.75) is 106 Å². The lowest BCUT2D eigenvalue weighted by atomic mass is 10.0. The summed E-state index contributed by atoms with van der Waals surface area (Å²) >= 11 is 13.1. The van der Waals surface area contributed by atoms with Crippen LogP contribution in [0.25, 0.3) is 44.7 Å². The molecule has 3 aliphatic rings.